The van der Waals surface area contributed by atoms with Crippen LogP contribution < -0.4 is 10.2 Å². The number of piperazine rings is 1. The first-order valence-corrected chi connectivity index (χ1v) is 7.35. The highest BCUT2D eigenvalue weighted by atomic mass is 15.3. The van der Waals surface area contributed by atoms with Crippen molar-refractivity contribution >= 4 is 5.82 Å². The number of pyridine rings is 1. The summed E-state index contributed by atoms with van der Waals surface area (Å²) in [5.41, 5.74) is 1.32. The summed E-state index contributed by atoms with van der Waals surface area (Å²) in [5.74, 6) is 1.12. The molecule has 0 bridgehead atoms. The molecule has 1 saturated heterocycles. The molecule has 4 heteroatoms. The first-order chi connectivity index (χ1) is 9.20. The Labute approximate surface area is 116 Å². The van der Waals surface area contributed by atoms with E-state index in [2.05, 4.69) is 53.0 Å². The first kappa shape index (κ1) is 14.3. The van der Waals surface area contributed by atoms with Crippen molar-refractivity contribution in [3.63, 3.8) is 0 Å². The average Bonchev–Trinajstić information content (AvgIpc) is 2.45. The van der Waals surface area contributed by atoms with Gasteiger partial charge in [-0.3, -0.25) is 4.90 Å². The largest absolute Gasteiger partial charge is 0.354 e. The van der Waals surface area contributed by atoms with E-state index in [0.717, 1.165) is 45.1 Å². The fourth-order valence-electron chi connectivity index (χ4n) is 2.48. The van der Waals surface area contributed by atoms with Crippen LogP contribution in [-0.2, 0) is 6.54 Å². The topological polar surface area (TPSA) is 31.4 Å². The smallest absolute Gasteiger partial charge is 0.128 e. The quantitative estimate of drug-likeness (QED) is 0.875. The highest BCUT2D eigenvalue weighted by Gasteiger charge is 2.19. The molecule has 0 unspecified atom stereocenters. The number of hydrogen-bond donors (Lipinski definition) is 1. The lowest BCUT2D eigenvalue weighted by atomic mass is 10.2. The van der Waals surface area contributed by atoms with Gasteiger partial charge in [-0.2, -0.15) is 0 Å². The summed E-state index contributed by atoms with van der Waals surface area (Å²) in [4.78, 5) is 9.44. The van der Waals surface area contributed by atoms with Gasteiger partial charge in [-0.15, -0.1) is 0 Å². The average molecular weight is 262 g/mol. The molecule has 0 spiro atoms. The molecule has 106 valence electrons. The Morgan fingerprint density at radius 2 is 2.00 bits per heavy atom. The summed E-state index contributed by atoms with van der Waals surface area (Å²) >= 11 is 0. The van der Waals surface area contributed by atoms with Gasteiger partial charge in [-0.1, -0.05) is 6.92 Å². The Balaban J connectivity index is 1.95. The molecular formula is C15H26N4. The van der Waals surface area contributed by atoms with Crippen molar-refractivity contribution in [1.29, 1.82) is 0 Å². The molecule has 1 fully saturated rings. The van der Waals surface area contributed by atoms with E-state index >= 15 is 0 Å². The van der Waals surface area contributed by atoms with E-state index in [1.54, 1.807) is 0 Å². The second-order valence-electron chi connectivity index (χ2n) is 5.42. The minimum Gasteiger partial charge on any atom is -0.354 e. The monoisotopic (exact) mass is 262 g/mol. The molecule has 1 aromatic heterocycles. The maximum absolute atomic E-state index is 4.52. The number of aromatic nitrogens is 1. The summed E-state index contributed by atoms with van der Waals surface area (Å²) in [6, 6.07) is 4.96. The first-order valence-electron chi connectivity index (χ1n) is 7.35. The molecule has 0 radical (unpaired) electrons. The zero-order valence-electron chi connectivity index (χ0n) is 12.4. The molecule has 0 amide bonds. The van der Waals surface area contributed by atoms with Crippen LogP contribution in [0.2, 0.25) is 0 Å². The van der Waals surface area contributed by atoms with Crippen LogP contribution in [0.3, 0.4) is 0 Å². The zero-order chi connectivity index (χ0) is 13.7. The third-order valence-corrected chi connectivity index (χ3v) is 3.76. The van der Waals surface area contributed by atoms with Gasteiger partial charge < -0.3 is 10.2 Å². The fourth-order valence-corrected chi connectivity index (χ4v) is 2.48. The van der Waals surface area contributed by atoms with E-state index in [1.807, 2.05) is 6.20 Å². The minimum absolute atomic E-state index is 0.648. The van der Waals surface area contributed by atoms with Crippen LogP contribution in [-0.4, -0.2) is 48.6 Å². The lowest BCUT2D eigenvalue weighted by molar-refractivity contribution is 0.209. The maximum atomic E-state index is 4.52. The van der Waals surface area contributed by atoms with Crippen LogP contribution in [0.5, 0.6) is 0 Å². The molecule has 4 nitrogen and oxygen atoms in total. The molecule has 0 aliphatic carbocycles. The summed E-state index contributed by atoms with van der Waals surface area (Å²) in [7, 11) is 0. The van der Waals surface area contributed by atoms with E-state index in [4.69, 9.17) is 0 Å². The fraction of sp³-hybridized carbons (Fsp3) is 0.667. The molecule has 1 aliphatic rings. The Morgan fingerprint density at radius 3 is 2.63 bits per heavy atom. The number of nitrogens with zero attached hydrogens (tertiary/aromatic N) is 3. The van der Waals surface area contributed by atoms with Crippen molar-refractivity contribution in [3.8, 4) is 0 Å². The Kier molecular flexibility index (Phi) is 5.16. The Hall–Kier alpha value is -1.13. The van der Waals surface area contributed by atoms with Crippen LogP contribution in [0.4, 0.5) is 5.82 Å². The van der Waals surface area contributed by atoms with Gasteiger partial charge in [0.1, 0.15) is 5.82 Å². The van der Waals surface area contributed by atoms with Crippen LogP contribution in [0, 0.1) is 0 Å². The summed E-state index contributed by atoms with van der Waals surface area (Å²) in [6.07, 6.45) is 1.93. The second-order valence-corrected chi connectivity index (χ2v) is 5.42. The number of hydrogen-bond acceptors (Lipinski definition) is 4. The molecule has 2 heterocycles. The molecule has 0 atom stereocenters. The van der Waals surface area contributed by atoms with Gasteiger partial charge in [0.15, 0.2) is 0 Å². The Bertz CT molecular complexity index is 383. The number of rotatable bonds is 5. The van der Waals surface area contributed by atoms with Crippen LogP contribution in [0.1, 0.15) is 26.3 Å². The SMILES string of the molecule is CCNCc1ccnc(N2CCN(C(C)C)CC2)c1. The summed E-state index contributed by atoms with van der Waals surface area (Å²) in [6.45, 7) is 13.0. The summed E-state index contributed by atoms with van der Waals surface area (Å²) in [5, 5.41) is 3.36. The predicted octanol–water partition coefficient (Wildman–Crippen LogP) is 1.72. The minimum atomic E-state index is 0.648. The van der Waals surface area contributed by atoms with Crippen LogP contribution in [0.25, 0.3) is 0 Å². The third-order valence-electron chi connectivity index (χ3n) is 3.76. The van der Waals surface area contributed by atoms with Crippen molar-refractivity contribution in [2.45, 2.75) is 33.4 Å². The van der Waals surface area contributed by atoms with Gasteiger partial charge in [0.05, 0.1) is 0 Å². The van der Waals surface area contributed by atoms with Crippen molar-refractivity contribution in [2.75, 3.05) is 37.6 Å². The van der Waals surface area contributed by atoms with E-state index in [1.165, 1.54) is 5.56 Å². The highest BCUT2D eigenvalue weighted by Crippen LogP contribution is 2.16. The molecule has 19 heavy (non-hydrogen) atoms. The van der Waals surface area contributed by atoms with E-state index in [9.17, 15) is 0 Å². The van der Waals surface area contributed by atoms with Crippen LogP contribution in [0.15, 0.2) is 18.3 Å². The second kappa shape index (κ2) is 6.87. The normalized spacial score (nSPS) is 17.2. The molecular weight excluding hydrogens is 236 g/mol. The maximum Gasteiger partial charge on any atom is 0.128 e. The molecule has 1 aliphatic heterocycles. The lowest BCUT2D eigenvalue weighted by Gasteiger charge is -2.37. The molecule has 0 aromatic carbocycles. The van der Waals surface area contributed by atoms with Gasteiger partial charge in [0.25, 0.3) is 0 Å². The van der Waals surface area contributed by atoms with Gasteiger partial charge in [-0.25, -0.2) is 4.98 Å². The summed E-state index contributed by atoms with van der Waals surface area (Å²) < 4.78 is 0. The van der Waals surface area contributed by atoms with E-state index in [-0.39, 0.29) is 0 Å². The standard InChI is InChI=1S/C15H26N4/c1-4-16-12-14-5-6-17-15(11-14)19-9-7-18(8-10-19)13(2)3/h5-6,11,13,16H,4,7-10,12H2,1-3H3. The van der Waals surface area contributed by atoms with Crippen molar-refractivity contribution < 1.29 is 0 Å². The van der Waals surface area contributed by atoms with Crippen molar-refractivity contribution in [1.82, 2.24) is 15.2 Å². The molecule has 1 aromatic rings. The molecule has 0 saturated carbocycles. The van der Waals surface area contributed by atoms with E-state index < -0.39 is 0 Å². The van der Waals surface area contributed by atoms with Crippen LogP contribution >= 0.6 is 0 Å². The van der Waals surface area contributed by atoms with Gasteiger partial charge in [0, 0.05) is 45.0 Å². The number of nitrogens with one attached hydrogen (secondary N) is 1. The van der Waals surface area contributed by atoms with E-state index in [0.29, 0.717) is 6.04 Å². The Morgan fingerprint density at radius 1 is 1.26 bits per heavy atom. The van der Waals surface area contributed by atoms with Gasteiger partial charge >= 0.3 is 0 Å². The third kappa shape index (κ3) is 3.91. The molecule has 1 N–H and O–H groups in total. The van der Waals surface area contributed by atoms with Gasteiger partial charge in [-0.05, 0) is 38.1 Å². The predicted molar refractivity (Wildman–Crippen MR) is 80.5 cm³/mol. The number of anilines is 1. The van der Waals surface area contributed by atoms with Crippen molar-refractivity contribution in [2.24, 2.45) is 0 Å². The zero-order valence-corrected chi connectivity index (χ0v) is 12.4. The molecule has 2 rings (SSSR count). The van der Waals surface area contributed by atoms with Gasteiger partial charge in [0.2, 0.25) is 0 Å². The lowest BCUT2D eigenvalue weighted by Crippen LogP contribution is -2.49. The van der Waals surface area contributed by atoms with Crippen molar-refractivity contribution in [3.05, 3.63) is 23.9 Å². The highest BCUT2D eigenvalue weighted by molar-refractivity contribution is 5.41.